The molecule has 1 unspecified atom stereocenters. The van der Waals surface area contributed by atoms with Crippen LogP contribution in [0.25, 0.3) is 11.4 Å². The van der Waals surface area contributed by atoms with Gasteiger partial charge in [0.05, 0.1) is 20.3 Å². The number of hydrogen-bond donors (Lipinski definition) is 1. The number of aromatic nitrogens is 2. The van der Waals surface area contributed by atoms with Crippen LogP contribution in [0.1, 0.15) is 43.7 Å². The van der Waals surface area contributed by atoms with E-state index in [0.29, 0.717) is 29.6 Å². The predicted octanol–water partition coefficient (Wildman–Crippen LogP) is 4.34. The molecule has 0 saturated heterocycles. The highest BCUT2D eigenvalue weighted by atomic mass is 16.5. The lowest BCUT2D eigenvalue weighted by Gasteiger charge is -2.18. The van der Waals surface area contributed by atoms with E-state index in [9.17, 15) is 4.79 Å². The van der Waals surface area contributed by atoms with Crippen LogP contribution in [0, 0.1) is 0 Å². The molecule has 158 valence electrons. The molecule has 0 saturated carbocycles. The van der Waals surface area contributed by atoms with Crippen molar-refractivity contribution in [2.24, 2.45) is 0 Å². The van der Waals surface area contributed by atoms with Gasteiger partial charge in [0.1, 0.15) is 0 Å². The van der Waals surface area contributed by atoms with Crippen molar-refractivity contribution in [2.75, 3.05) is 14.2 Å². The average molecular weight is 409 g/mol. The van der Waals surface area contributed by atoms with E-state index < -0.39 is 0 Å². The fourth-order valence-corrected chi connectivity index (χ4v) is 3.23. The minimum absolute atomic E-state index is 0.00806. The van der Waals surface area contributed by atoms with Crippen LogP contribution >= 0.6 is 0 Å². The van der Waals surface area contributed by atoms with E-state index in [1.165, 1.54) is 0 Å². The van der Waals surface area contributed by atoms with Crippen molar-refractivity contribution in [3.63, 3.8) is 0 Å². The summed E-state index contributed by atoms with van der Waals surface area (Å²) in [5, 5.41) is 7.13. The van der Waals surface area contributed by atoms with E-state index in [-0.39, 0.29) is 18.4 Å². The Balaban J connectivity index is 1.60. The van der Waals surface area contributed by atoms with Gasteiger partial charge in [-0.1, -0.05) is 48.8 Å². The molecule has 0 spiro atoms. The molecule has 0 radical (unpaired) electrons. The molecular weight excluding hydrogens is 382 g/mol. The fraction of sp³-hybridized carbons (Fsp3) is 0.348. The summed E-state index contributed by atoms with van der Waals surface area (Å²) in [4.78, 5) is 16.9. The molecule has 0 aliphatic rings. The van der Waals surface area contributed by atoms with Gasteiger partial charge in [0.25, 0.3) is 0 Å². The molecule has 3 aromatic rings. The van der Waals surface area contributed by atoms with Crippen molar-refractivity contribution in [3.8, 4) is 22.9 Å². The van der Waals surface area contributed by atoms with Gasteiger partial charge in [0.15, 0.2) is 11.5 Å². The predicted molar refractivity (Wildman–Crippen MR) is 113 cm³/mol. The van der Waals surface area contributed by atoms with Crippen LogP contribution < -0.4 is 14.8 Å². The van der Waals surface area contributed by atoms with Crippen LogP contribution in [-0.2, 0) is 11.2 Å². The van der Waals surface area contributed by atoms with Gasteiger partial charge in [-0.3, -0.25) is 4.79 Å². The van der Waals surface area contributed by atoms with Gasteiger partial charge in [-0.2, -0.15) is 4.98 Å². The molecule has 1 N–H and O–H groups in total. The maximum absolute atomic E-state index is 12.5. The van der Waals surface area contributed by atoms with Crippen LogP contribution in [0.4, 0.5) is 0 Å². The SMILES string of the molecule is CCCC(NC(=O)CCc1nc(-c2ccc(OC)c(OC)c2)no1)c1ccccc1. The molecule has 1 atom stereocenters. The highest BCUT2D eigenvalue weighted by molar-refractivity contribution is 5.76. The van der Waals surface area contributed by atoms with Crippen LogP contribution in [0.2, 0.25) is 0 Å². The van der Waals surface area contributed by atoms with Gasteiger partial charge >= 0.3 is 0 Å². The van der Waals surface area contributed by atoms with E-state index in [2.05, 4.69) is 22.4 Å². The number of amides is 1. The zero-order valence-electron chi connectivity index (χ0n) is 17.6. The number of nitrogens with one attached hydrogen (secondary N) is 1. The Morgan fingerprint density at radius 2 is 1.87 bits per heavy atom. The number of rotatable bonds is 10. The normalized spacial score (nSPS) is 11.7. The topological polar surface area (TPSA) is 86.5 Å². The fourth-order valence-electron chi connectivity index (χ4n) is 3.23. The number of hydrogen-bond acceptors (Lipinski definition) is 6. The lowest BCUT2D eigenvalue weighted by Crippen LogP contribution is -2.28. The third-order valence-electron chi connectivity index (χ3n) is 4.79. The standard InChI is InChI=1S/C23H27N3O4/c1-4-8-18(16-9-6-5-7-10-16)24-21(27)13-14-22-25-23(26-30-22)17-11-12-19(28-2)20(15-17)29-3/h5-7,9-12,15,18H,4,8,13-14H2,1-3H3,(H,24,27). The summed E-state index contributed by atoms with van der Waals surface area (Å²) in [6.07, 6.45) is 2.53. The number of ether oxygens (including phenoxy) is 2. The van der Waals surface area contributed by atoms with E-state index >= 15 is 0 Å². The number of methoxy groups -OCH3 is 2. The highest BCUT2D eigenvalue weighted by Crippen LogP contribution is 2.31. The zero-order valence-corrected chi connectivity index (χ0v) is 17.6. The molecular formula is C23H27N3O4. The minimum atomic E-state index is -0.0387. The second-order valence-corrected chi connectivity index (χ2v) is 6.90. The van der Waals surface area contributed by atoms with Crippen molar-refractivity contribution in [1.29, 1.82) is 0 Å². The summed E-state index contributed by atoms with van der Waals surface area (Å²) in [5.41, 5.74) is 1.86. The van der Waals surface area contributed by atoms with Gasteiger partial charge in [-0.15, -0.1) is 0 Å². The van der Waals surface area contributed by atoms with Crippen LogP contribution in [-0.4, -0.2) is 30.3 Å². The lowest BCUT2D eigenvalue weighted by molar-refractivity contribution is -0.122. The number of aryl methyl sites for hydroxylation is 1. The number of carbonyl (C=O) groups is 1. The van der Waals surface area contributed by atoms with Crippen molar-refractivity contribution < 1.29 is 18.8 Å². The Kier molecular flexibility index (Phi) is 7.43. The van der Waals surface area contributed by atoms with Crippen molar-refractivity contribution >= 4 is 5.91 Å². The van der Waals surface area contributed by atoms with Crippen LogP contribution in [0.5, 0.6) is 11.5 Å². The average Bonchev–Trinajstić information content (AvgIpc) is 3.26. The Hall–Kier alpha value is -3.35. The Morgan fingerprint density at radius 3 is 2.57 bits per heavy atom. The molecule has 0 aliphatic carbocycles. The first-order chi connectivity index (χ1) is 14.6. The molecule has 1 aromatic heterocycles. The molecule has 1 heterocycles. The largest absolute Gasteiger partial charge is 0.493 e. The summed E-state index contributed by atoms with van der Waals surface area (Å²) in [6.45, 7) is 2.11. The minimum Gasteiger partial charge on any atom is -0.493 e. The molecule has 3 rings (SSSR count). The third-order valence-corrected chi connectivity index (χ3v) is 4.79. The van der Waals surface area contributed by atoms with Gasteiger partial charge in [0, 0.05) is 18.4 Å². The maximum Gasteiger partial charge on any atom is 0.227 e. The van der Waals surface area contributed by atoms with E-state index in [1.807, 2.05) is 36.4 Å². The second-order valence-electron chi connectivity index (χ2n) is 6.90. The smallest absolute Gasteiger partial charge is 0.227 e. The molecule has 0 fully saturated rings. The van der Waals surface area contributed by atoms with Gasteiger partial charge in [0.2, 0.25) is 17.6 Å². The summed E-state index contributed by atoms with van der Waals surface area (Å²) < 4.78 is 15.9. The lowest BCUT2D eigenvalue weighted by atomic mass is 10.0. The van der Waals surface area contributed by atoms with Crippen LogP contribution in [0.3, 0.4) is 0 Å². The molecule has 0 bridgehead atoms. The third kappa shape index (κ3) is 5.37. The van der Waals surface area contributed by atoms with Crippen LogP contribution in [0.15, 0.2) is 53.1 Å². The number of carbonyl (C=O) groups excluding carboxylic acids is 1. The van der Waals surface area contributed by atoms with Crippen molar-refractivity contribution in [3.05, 3.63) is 60.0 Å². The first kappa shape index (κ1) is 21.4. The van der Waals surface area contributed by atoms with E-state index in [0.717, 1.165) is 24.0 Å². The maximum atomic E-state index is 12.5. The molecule has 30 heavy (non-hydrogen) atoms. The van der Waals surface area contributed by atoms with Crippen molar-refractivity contribution in [1.82, 2.24) is 15.5 Å². The Bertz CT molecular complexity index is 956. The second kappa shape index (κ2) is 10.4. The van der Waals surface area contributed by atoms with Crippen molar-refractivity contribution in [2.45, 2.75) is 38.6 Å². The van der Waals surface area contributed by atoms with Gasteiger partial charge in [-0.05, 0) is 30.2 Å². The van der Waals surface area contributed by atoms with E-state index in [1.54, 1.807) is 26.4 Å². The Labute approximate surface area is 176 Å². The zero-order chi connectivity index (χ0) is 21.3. The summed E-state index contributed by atoms with van der Waals surface area (Å²) in [6, 6.07) is 15.4. The molecule has 7 heteroatoms. The molecule has 2 aromatic carbocycles. The van der Waals surface area contributed by atoms with Gasteiger partial charge in [-0.25, -0.2) is 0 Å². The Morgan fingerprint density at radius 1 is 1.10 bits per heavy atom. The molecule has 1 amide bonds. The molecule has 7 nitrogen and oxygen atoms in total. The first-order valence-corrected chi connectivity index (χ1v) is 10.0. The molecule has 0 aliphatic heterocycles. The van der Waals surface area contributed by atoms with E-state index in [4.69, 9.17) is 14.0 Å². The number of nitrogens with zero attached hydrogens (tertiary/aromatic N) is 2. The monoisotopic (exact) mass is 409 g/mol. The summed E-state index contributed by atoms with van der Waals surface area (Å²) in [5.74, 6) is 2.04. The van der Waals surface area contributed by atoms with Gasteiger partial charge < -0.3 is 19.3 Å². The quantitative estimate of drug-likeness (QED) is 0.536. The first-order valence-electron chi connectivity index (χ1n) is 10.0. The summed E-state index contributed by atoms with van der Waals surface area (Å²) >= 11 is 0. The number of benzene rings is 2. The highest BCUT2D eigenvalue weighted by Gasteiger charge is 2.16. The summed E-state index contributed by atoms with van der Waals surface area (Å²) in [7, 11) is 3.15.